The maximum Gasteiger partial charge on any atom is 0.149 e. The summed E-state index contributed by atoms with van der Waals surface area (Å²) in [5, 5.41) is 2.23. The summed E-state index contributed by atoms with van der Waals surface area (Å²) in [6.45, 7) is 9.22. The number of hydrogen-bond donors (Lipinski definition) is 0. The van der Waals surface area contributed by atoms with E-state index in [2.05, 4.69) is 178 Å². The average molecular weight is 727 g/mol. The Balaban J connectivity index is 1.15. The molecule has 0 fully saturated rings. The predicted molar refractivity (Wildman–Crippen MR) is 234 cm³/mol. The van der Waals surface area contributed by atoms with Crippen LogP contribution in [0.15, 0.2) is 150 Å². The van der Waals surface area contributed by atoms with Crippen LogP contribution in [-0.4, -0.2) is 9.55 Å². The van der Waals surface area contributed by atoms with Crippen molar-refractivity contribution in [2.45, 2.75) is 65.2 Å². The van der Waals surface area contributed by atoms with Crippen molar-refractivity contribution in [1.29, 1.82) is 0 Å². The number of aromatic nitrogens is 2. The smallest absolute Gasteiger partial charge is 0.149 e. The number of furan rings is 1. The Bertz CT molecular complexity index is 2880. The van der Waals surface area contributed by atoms with Gasteiger partial charge in [-0.1, -0.05) is 131 Å². The van der Waals surface area contributed by atoms with Crippen LogP contribution >= 0.6 is 0 Å². The lowest BCUT2D eigenvalue weighted by atomic mass is 9.88. The molecule has 274 valence electrons. The van der Waals surface area contributed by atoms with Gasteiger partial charge in [0.15, 0.2) is 0 Å². The lowest BCUT2D eigenvalue weighted by Gasteiger charge is -2.24. The van der Waals surface area contributed by atoms with E-state index in [4.69, 9.17) is 9.40 Å². The van der Waals surface area contributed by atoms with Crippen LogP contribution in [0.5, 0.6) is 0 Å². The van der Waals surface area contributed by atoms with Gasteiger partial charge in [0.2, 0.25) is 0 Å². The lowest BCUT2D eigenvalue weighted by molar-refractivity contribution is 0.669. The van der Waals surface area contributed by atoms with E-state index in [0.717, 1.165) is 70.0 Å². The van der Waals surface area contributed by atoms with Crippen molar-refractivity contribution in [2.75, 3.05) is 0 Å². The number of hydrogen-bond acceptors (Lipinski definition) is 2. The first-order chi connectivity index (χ1) is 27.4. The Kier molecular flexibility index (Phi) is 8.48. The van der Waals surface area contributed by atoms with Crippen molar-refractivity contribution in [3.05, 3.63) is 179 Å². The Labute approximate surface area is 329 Å². The zero-order valence-corrected chi connectivity index (χ0v) is 32.6. The van der Waals surface area contributed by atoms with Crippen LogP contribution in [0.3, 0.4) is 0 Å². The van der Waals surface area contributed by atoms with Gasteiger partial charge in [0.05, 0.1) is 22.3 Å². The second-order valence-electron chi connectivity index (χ2n) is 16.2. The zero-order valence-electron chi connectivity index (χ0n) is 32.6. The van der Waals surface area contributed by atoms with Gasteiger partial charge in [-0.25, -0.2) is 4.98 Å². The van der Waals surface area contributed by atoms with Crippen LogP contribution in [0.2, 0.25) is 0 Å². The van der Waals surface area contributed by atoms with Crippen LogP contribution < -0.4 is 0 Å². The van der Waals surface area contributed by atoms with Crippen molar-refractivity contribution in [2.24, 2.45) is 0 Å². The second-order valence-corrected chi connectivity index (χ2v) is 16.2. The minimum absolute atomic E-state index is 0.284. The molecule has 0 amide bonds. The van der Waals surface area contributed by atoms with Crippen molar-refractivity contribution in [3.63, 3.8) is 0 Å². The highest BCUT2D eigenvalue weighted by Crippen LogP contribution is 2.43. The van der Waals surface area contributed by atoms with Gasteiger partial charge >= 0.3 is 0 Å². The first-order valence-electron chi connectivity index (χ1n) is 20.3. The molecule has 0 unspecified atom stereocenters. The van der Waals surface area contributed by atoms with E-state index in [0.29, 0.717) is 0 Å². The first kappa shape index (κ1) is 34.3. The van der Waals surface area contributed by atoms with Gasteiger partial charge in [0.1, 0.15) is 17.0 Å². The van der Waals surface area contributed by atoms with Crippen LogP contribution in [0.1, 0.15) is 72.9 Å². The molecule has 0 atom stereocenters. The SMILES string of the molecule is CC(C)c1cc(-c2ccccc2)cc(C(C)C)c1-n1c(-c2cccc3c2oc2cc(-c4cc5ccc4CCc4ccc(cc4)CC5)ccc23)nc2ccccc21. The number of aryl methyl sites for hydroxylation is 4. The summed E-state index contributed by atoms with van der Waals surface area (Å²) in [5.74, 6) is 1.47. The Morgan fingerprint density at radius 1 is 0.518 bits per heavy atom. The molecule has 2 heterocycles. The molecule has 4 aliphatic carbocycles. The maximum atomic E-state index is 7.01. The number of nitrogens with zero attached hydrogens (tertiary/aromatic N) is 2. The minimum Gasteiger partial charge on any atom is -0.455 e. The molecule has 2 aromatic heterocycles. The zero-order chi connectivity index (χ0) is 37.9. The summed E-state index contributed by atoms with van der Waals surface area (Å²) in [5.41, 5.74) is 19.2. The second kappa shape index (κ2) is 13.8. The molecule has 13 rings (SSSR count). The largest absolute Gasteiger partial charge is 0.455 e. The average Bonchev–Trinajstić information content (AvgIpc) is 3.80. The van der Waals surface area contributed by atoms with Gasteiger partial charge in [-0.3, -0.25) is 4.57 Å². The lowest BCUT2D eigenvalue weighted by Crippen LogP contribution is -2.09. The Hall–Kier alpha value is -6.19. The molecule has 9 aromatic rings. The van der Waals surface area contributed by atoms with Crippen molar-refractivity contribution >= 4 is 33.0 Å². The van der Waals surface area contributed by atoms with Crippen LogP contribution in [0.4, 0.5) is 0 Å². The summed E-state index contributed by atoms with van der Waals surface area (Å²) >= 11 is 0. The molecule has 0 saturated carbocycles. The van der Waals surface area contributed by atoms with Gasteiger partial charge < -0.3 is 4.42 Å². The molecule has 0 saturated heterocycles. The van der Waals surface area contributed by atoms with E-state index in [9.17, 15) is 0 Å². The van der Waals surface area contributed by atoms with Crippen molar-refractivity contribution in [3.8, 4) is 39.3 Å². The van der Waals surface area contributed by atoms with E-state index in [1.165, 1.54) is 61.3 Å². The first-order valence-corrected chi connectivity index (χ1v) is 20.3. The highest BCUT2D eigenvalue weighted by Gasteiger charge is 2.25. The number of para-hydroxylation sites is 3. The normalized spacial score (nSPS) is 13.0. The summed E-state index contributed by atoms with van der Waals surface area (Å²) in [4.78, 5) is 5.41. The number of rotatable bonds is 6. The summed E-state index contributed by atoms with van der Waals surface area (Å²) < 4.78 is 9.42. The van der Waals surface area contributed by atoms with Gasteiger partial charge in [-0.2, -0.15) is 0 Å². The molecule has 3 heteroatoms. The monoisotopic (exact) mass is 726 g/mol. The molecule has 3 nitrogen and oxygen atoms in total. The van der Waals surface area contributed by atoms with Crippen LogP contribution in [0, 0.1) is 0 Å². The fourth-order valence-corrected chi connectivity index (χ4v) is 8.90. The quantitative estimate of drug-likeness (QED) is 0.171. The van der Waals surface area contributed by atoms with Gasteiger partial charge in [-0.15, -0.1) is 0 Å². The topological polar surface area (TPSA) is 31.0 Å². The number of benzene rings is 7. The molecule has 7 aromatic carbocycles. The molecule has 56 heavy (non-hydrogen) atoms. The van der Waals surface area contributed by atoms with E-state index in [-0.39, 0.29) is 11.8 Å². The van der Waals surface area contributed by atoms with Crippen LogP contribution in [0.25, 0.3) is 72.3 Å². The van der Waals surface area contributed by atoms with Gasteiger partial charge in [0, 0.05) is 10.8 Å². The summed E-state index contributed by atoms with van der Waals surface area (Å²) in [6, 6.07) is 53.8. The molecule has 0 spiro atoms. The predicted octanol–water partition coefficient (Wildman–Crippen LogP) is 14.1. The highest BCUT2D eigenvalue weighted by atomic mass is 16.3. The van der Waals surface area contributed by atoms with Gasteiger partial charge in [-0.05, 0) is 136 Å². The Morgan fingerprint density at radius 2 is 1.20 bits per heavy atom. The fraction of sp³-hybridized carbons (Fsp3) is 0.189. The molecule has 0 N–H and O–H groups in total. The maximum absolute atomic E-state index is 7.01. The molecule has 4 bridgehead atoms. The molecule has 0 aliphatic heterocycles. The van der Waals surface area contributed by atoms with Crippen LogP contribution in [-0.2, 0) is 25.7 Å². The molecule has 0 radical (unpaired) electrons. The van der Waals surface area contributed by atoms with E-state index in [1.54, 1.807) is 0 Å². The minimum atomic E-state index is 0.284. The molecular weight excluding hydrogens is 681 g/mol. The molecular formula is C53H46N2O. The van der Waals surface area contributed by atoms with Gasteiger partial charge in [0.25, 0.3) is 0 Å². The number of fused-ring (bicyclic) bond motifs is 4. The van der Waals surface area contributed by atoms with Crippen molar-refractivity contribution in [1.82, 2.24) is 9.55 Å². The molecule has 4 aliphatic rings. The van der Waals surface area contributed by atoms with E-state index >= 15 is 0 Å². The summed E-state index contributed by atoms with van der Waals surface area (Å²) in [6.07, 6.45) is 4.09. The van der Waals surface area contributed by atoms with E-state index < -0.39 is 0 Å². The Morgan fingerprint density at radius 3 is 1.95 bits per heavy atom. The highest BCUT2D eigenvalue weighted by molar-refractivity contribution is 6.10. The third-order valence-corrected chi connectivity index (χ3v) is 11.9. The number of imidazole rings is 1. The van der Waals surface area contributed by atoms with Crippen molar-refractivity contribution < 1.29 is 4.42 Å². The van der Waals surface area contributed by atoms with E-state index in [1.807, 2.05) is 0 Å². The summed E-state index contributed by atoms with van der Waals surface area (Å²) in [7, 11) is 0. The standard InChI is InChI=1S/C53H46N2O/c1-33(2)45-30-41(38-11-6-5-7-12-38)31-46(34(3)4)51(45)55-49-16-9-8-15-48(49)54-53(55)44-14-10-13-43-42-28-27-40(32-50(42)56-52(43)44)47-29-37-22-21-35-17-19-36(20-18-35)23-25-39(47)26-24-37/h5-20,24,26-34H,21-23,25H2,1-4H3. The third kappa shape index (κ3) is 5.94. The third-order valence-electron chi connectivity index (χ3n) is 11.9. The fourth-order valence-electron chi connectivity index (χ4n) is 8.90.